The maximum Gasteiger partial charge on any atom is 0.190 e. The van der Waals surface area contributed by atoms with Gasteiger partial charge >= 0.3 is 0 Å². The number of hydrogen-bond acceptors (Lipinski definition) is 7. The molecule has 5 rings (SSSR count). The highest BCUT2D eigenvalue weighted by Gasteiger charge is 2.76. The largest absolute Gasteiger partial charge is 0.507 e. The van der Waals surface area contributed by atoms with Crippen LogP contribution in [-0.4, -0.2) is 44.7 Å². The molecule has 2 saturated carbocycles. The van der Waals surface area contributed by atoms with Gasteiger partial charge in [-0.25, -0.2) is 0 Å². The molecular formula is C33H32O7. The van der Waals surface area contributed by atoms with Gasteiger partial charge in [0.15, 0.2) is 28.7 Å². The van der Waals surface area contributed by atoms with Crippen molar-refractivity contribution in [1.29, 1.82) is 0 Å². The summed E-state index contributed by atoms with van der Waals surface area (Å²) in [4.78, 5) is 68.1. The van der Waals surface area contributed by atoms with E-state index in [9.17, 15) is 34.2 Å². The minimum absolute atomic E-state index is 0.00421. The predicted molar refractivity (Wildman–Crippen MR) is 145 cm³/mol. The number of aromatic hydroxyl groups is 1. The number of hydrogen-bond donors (Lipinski definition) is 2. The number of carbonyl (C=O) groups excluding carboxylic acids is 5. The third-order valence-electron chi connectivity index (χ3n) is 9.38. The Morgan fingerprint density at radius 2 is 1.62 bits per heavy atom. The lowest BCUT2D eigenvalue weighted by Gasteiger charge is -2.61. The highest BCUT2D eigenvalue weighted by Crippen LogP contribution is 2.63. The normalized spacial score (nSPS) is 33.0. The van der Waals surface area contributed by atoms with E-state index in [1.807, 2.05) is 30.3 Å². The second kappa shape index (κ2) is 9.07. The molecule has 3 unspecified atom stereocenters. The van der Waals surface area contributed by atoms with Gasteiger partial charge in [-0.1, -0.05) is 57.7 Å². The number of ketones is 5. The van der Waals surface area contributed by atoms with Crippen LogP contribution in [0, 0.1) is 46.3 Å². The molecule has 7 heteroatoms. The number of phenolic OH excluding ortho intramolecular Hbond substituents is 1. The van der Waals surface area contributed by atoms with E-state index in [0.29, 0.717) is 11.1 Å². The van der Waals surface area contributed by atoms with Crippen LogP contribution in [0.25, 0.3) is 0 Å². The summed E-state index contributed by atoms with van der Waals surface area (Å²) >= 11 is 0. The smallest absolute Gasteiger partial charge is 0.190 e. The Morgan fingerprint density at radius 1 is 0.975 bits per heavy atom. The first-order chi connectivity index (χ1) is 18.7. The fraction of sp³-hybridized carbons (Fsp3) is 0.424. The quantitative estimate of drug-likeness (QED) is 0.441. The van der Waals surface area contributed by atoms with Gasteiger partial charge in [0.2, 0.25) is 0 Å². The van der Waals surface area contributed by atoms with Gasteiger partial charge in [-0.05, 0) is 60.9 Å². The maximum atomic E-state index is 14.3. The average molecular weight is 541 g/mol. The second-order valence-corrected chi connectivity index (χ2v) is 12.4. The van der Waals surface area contributed by atoms with Crippen LogP contribution in [0.3, 0.4) is 0 Å². The van der Waals surface area contributed by atoms with Gasteiger partial charge in [0.25, 0.3) is 0 Å². The van der Waals surface area contributed by atoms with E-state index in [4.69, 9.17) is 0 Å². The number of aliphatic hydroxyl groups is 1. The molecule has 0 radical (unpaired) electrons. The maximum absolute atomic E-state index is 14.3. The van der Waals surface area contributed by atoms with Crippen molar-refractivity contribution >= 4 is 28.9 Å². The molecule has 40 heavy (non-hydrogen) atoms. The predicted octanol–water partition coefficient (Wildman–Crippen LogP) is 3.49. The van der Waals surface area contributed by atoms with Crippen LogP contribution in [0.5, 0.6) is 5.75 Å². The Morgan fingerprint density at radius 3 is 2.23 bits per heavy atom. The van der Waals surface area contributed by atoms with Gasteiger partial charge in [0.05, 0.1) is 11.5 Å². The Hall–Kier alpha value is -3.89. The van der Waals surface area contributed by atoms with E-state index in [0.717, 1.165) is 12.5 Å². The number of phenols is 1. The zero-order chi connectivity index (χ0) is 29.4. The molecule has 0 aromatic heterocycles. The summed E-state index contributed by atoms with van der Waals surface area (Å²) in [6.07, 6.45) is 0.164. The van der Waals surface area contributed by atoms with Crippen LogP contribution in [-0.2, 0) is 25.6 Å². The molecule has 6 atom stereocenters. The van der Waals surface area contributed by atoms with E-state index in [-0.39, 0.29) is 24.2 Å². The van der Waals surface area contributed by atoms with E-state index in [1.165, 1.54) is 6.07 Å². The van der Waals surface area contributed by atoms with Crippen LogP contribution in [0.15, 0.2) is 42.5 Å². The molecule has 0 bridgehead atoms. The highest BCUT2D eigenvalue weighted by atomic mass is 16.3. The van der Waals surface area contributed by atoms with Crippen molar-refractivity contribution in [3.05, 3.63) is 64.7 Å². The van der Waals surface area contributed by atoms with Gasteiger partial charge < -0.3 is 10.2 Å². The molecule has 2 aromatic rings. The van der Waals surface area contributed by atoms with E-state index in [2.05, 4.69) is 11.8 Å². The number of fused-ring (bicyclic) bond motifs is 3. The van der Waals surface area contributed by atoms with Gasteiger partial charge in [-0.15, -0.1) is 0 Å². The molecule has 2 aromatic carbocycles. The van der Waals surface area contributed by atoms with Gasteiger partial charge in [0.1, 0.15) is 17.5 Å². The molecule has 3 aliphatic carbocycles. The molecule has 0 heterocycles. The third-order valence-corrected chi connectivity index (χ3v) is 9.38. The van der Waals surface area contributed by atoms with Gasteiger partial charge in [0, 0.05) is 22.5 Å². The summed E-state index contributed by atoms with van der Waals surface area (Å²) in [5.74, 6) is -2.90. The summed E-state index contributed by atoms with van der Waals surface area (Å²) in [5.41, 5.74) is -3.61. The zero-order valence-electron chi connectivity index (χ0n) is 23.2. The van der Waals surface area contributed by atoms with E-state index >= 15 is 0 Å². The molecule has 0 aliphatic heterocycles. The first-order valence-corrected chi connectivity index (χ1v) is 13.5. The van der Waals surface area contributed by atoms with E-state index < -0.39 is 69.0 Å². The summed E-state index contributed by atoms with van der Waals surface area (Å²) in [7, 11) is 0. The minimum atomic E-state index is -2.70. The van der Waals surface area contributed by atoms with E-state index in [1.54, 1.807) is 33.8 Å². The number of Topliss-reactive ketones (excluding diaryl/α,β-unsaturated/α-hetero) is 5. The van der Waals surface area contributed by atoms with Crippen molar-refractivity contribution in [3.8, 4) is 17.6 Å². The summed E-state index contributed by atoms with van der Waals surface area (Å²) in [5, 5.41) is 22.8. The molecule has 2 fully saturated rings. The summed E-state index contributed by atoms with van der Waals surface area (Å²) < 4.78 is 0. The van der Waals surface area contributed by atoms with Crippen LogP contribution in [0.4, 0.5) is 0 Å². The Bertz CT molecular complexity index is 1560. The third kappa shape index (κ3) is 3.59. The molecule has 0 saturated heterocycles. The SMILES string of the molecule is CC(=O)C1C(=O)C(C(C)C)[C@@]2(C)C[C@@]3(C)Cc4c(C#Cc5ccccc5)ccc(O)c4C(=O)C3C(=O)[C@@]2(O)C1=O. The topological polar surface area (TPSA) is 126 Å². The van der Waals surface area contributed by atoms with Crippen LogP contribution in [0.2, 0.25) is 0 Å². The second-order valence-electron chi connectivity index (χ2n) is 12.4. The van der Waals surface area contributed by atoms with Gasteiger partial charge in [-0.2, -0.15) is 0 Å². The van der Waals surface area contributed by atoms with Crippen molar-refractivity contribution in [3.63, 3.8) is 0 Å². The fourth-order valence-electron chi connectivity index (χ4n) is 7.91. The summed E-state index contributed by atoms with van der Waals surface area (Å²) in [6, 6.07) is 12.3. The molecular weight excluding hydrogens is 508 g/mol. The molecule has 7 nitrogen and oxygen atoms in total. The van der Waals surface area contributed by atoms with Crippen molar-refractivity contribution in [2.45, 2.75) is 53.1 Å². The standard InChI is InChI=1S/C33H32O7/c1-17(2)25-27(36)23(18(3)34)29(38)33(40)30(39)26-28(37)24-21(15-31(26,4)16-32(25,33)5)20(13-14-22(24)35)12-11-19-9-7-6-8-10-19/h6-10,13-14,17,23,25-26,35,40H,15-16H2,1-5H3/t23?,25?,26?,31-,32-,33+/m1/s1. The van der Waals surface area contributed by atoms with Crippen molar-refractivity contribution in [2.75, 3.05) is 0 Å². The lowest BCUT2D eigenvalue weighted by molar-refractivity contribution is -0.205. The Balaban J connectivity index is 1.70. The Kier molecular flexibility index (Phi) is 6.27. The van der Waals surface area contributed by atoms with Crippen molar-refractivity contribution in [2.24, 2.45) is 34.5 Å². The lowest BCUT2D eigenvalue weighted by Crippen LogP contribution is -2.76. The molecule has 0 amide bonds. The molecule has 0 spiro atoms. The number of rotatable bonds is 2. The Labute approximate surface area is 233 Å². The first-order valence-electron chi connectivity index (χ1n) is 13.5. The van der Waals surface area contributed by atoms with Crippen LogP contribution in [0.1, 0.15) is 68.1 Å². The minimum Gasteiger partial charge on any atom is -0.507 e. The summed E-state index contributed by atoms with van der Waals surface area (Å²) in [6.45, 7) is 7.93. The lowest BCUT2D eigenvalue weighted by atomic mass is 9.40. The number of benzene rings is 2. The zero-order valence-corrected chi connectivity index (χ0v) is 23.2. The molecule has 206 valence electrons. The average Bonchev–Trinajstić information content (AvgIpc) is 2.86. The van der Waals surface area contributed by atoms with Crippen molar-refractivity contribution < 1.29 is 34.2 Å². The van der Waals surface area contributed by atoms with Crippen LogP contribution < -0.4 is 0 Å². The van der Waals surface area contributed by atoms with Crippen molar-refractivity contribution in [1.82, 2.24) is 0 Å². The van der Waals surface area contributed by atoms with Crippen LogP contribution >= 0.6 is 0 Å². The molecule has 2 N–H and O–H groups in total. The molecule has 3 aliphatic rings. The highest BCUT2D eigenvalue weighted by molar-refractivity contribution is 6.32. The number of carbonyl (C=O) groups is 5. The first kappa shape index (κ1) is 27.7. The van der Waals surface area contributed by atoms with Gasteiger partial charge in [-0.3, -0.25) is 24.0 Å². The fourth-order valence-corrected chi connectivity index (χ4v) is 7.91. The monoisotopic (exact) mass is 540 g/mol.